The Morgan fingerprint density at radius 3 is 2.76 bits per heavy atom. The fraction of sp³-hybridized carbons (Fsp3) is 0.588. The van der Waals surface area contributed by atoms with Crippen LogP contribution in [0, 0.1) is 5.92 Å². The van der Waals surface area contributed by atoms with Crippen LogP contribution >= 0.6 is 0 Å². The predicted octanol–water partition coefficient (Wildman–Crippen LogP) is 3.22. The summed E-state index contributed by atoms with van der Waals surface area (Å²) in [5.41, 5.74) is 1.48. The van der Waals surface area contributed by atoms with Gasteiger partial charge in [-0.2, -0.15) is 0 Å². The van der Waals surface area contributed by atoms with Gasteiger partial charge in [0.25, 0.3) is 0 Å². The molecule has 0 heterocycles. The van der Waals surface area contributed by atoms with E-state index in [0.717, 1.165) is 24.9 Å². The average molecular weight is 291 g/mol. The largest absolute Gasteiger partial charge is 0.459 e. The molecule has 2 rings (SSSR count). The van der Waals surface area contributed by atoms with Crippen molar-refractivity contribution in [2.24, 2.45) is 5.92 Å². The van der Waals surface area contributed by atoms with E-state index in [4.69, 9.17) is 9.84 Å². The van der Waals surface area contributed by atoms with Crippen LogP contribution in [0.15, 0.2) is 24.3 Å². The van der Waals surface area contributed by atoms with Crippen LogP contribution in [0.4, 0.5) is 5.69 Å². The molecule has 1 fully saturated rings. The van der Waals surface area contributed by atoms with Crippen molar-refractivity contribution in [2.75, 3.05) is 18.5 Å². The Morgan fingerprint density at radius 2 is 2.10 bits per heavy atom. The number of hydrogen-bond acceptors (Lipinski definition) is 4. The quantitative estimate of drug-likeness (QED) is 0.790. The Bertz CT molecular complexity index is 444. The molecule has 0 aromatic heterocycles. The lowest BCUT2D eigenvalue weighted by Gasteiger charge is -2.28. The molecular formula is C17H25NO3. The molecule has 1 aliphatic carbocycles. The molecule has 4 nitrogen and oxygen atoms in total. The van der Waals surface area contributed by atoms with Gasteiger partial charge in [-0.15, -0.1) is 0 Å². The smallest absolute Gasteiger partial charge is 0.338 e. The summed E-state index contributed by atoms with van der Waals surface area (Å²) < 4.78 is 5.63. The minimum absolute atomic E-state index is 0.0726. The van der Waals surface area contributed by atoms with E-state index in [9.17, 15) is 4.79 Å². The number of carbonyl (C=O) groups is 1. The first-order valence-corrected chi connectivity index (χ1v) is 7.88. The molecule has 1 aliphatic rings. The lowest BCUT2D eigenvalue weighted by Crippen LogP contribution is -2.25. The third-order valence-corrected chi connectivity index (χ3v) is 4.15. The molecule has 1 aromatic carbocycles. The molecule has 2 unspecified atom stereocenters. The highest BCUT2D eigenvalue weighted by Crippen LogP contribution is 2.29. The number of ether oxygens (including phenoxy) is 1. The fourth-order valence-corrected chi connectivity index (χ4v) is 2.86. The van der Waals surface area contributed by atoms with Crippen LogP contribution in [-0.2, 0) is 4.74 Å². The number of aliphatic hydroxyl groups excluding tert-OH is 1. The lowest BCUT2D eigenvalue weighted by atomic mass is 9.85. The van der Waals surface area contributed by atoms with Crippen LogP contribution in [-0.4, -0.2) is 30.3 Å². The Kier molecular flexibility index (Phi) is 6.05. The van der Waals surface area contributed by atoms with E-state index < -0.39 is 0 Å². The topological polar surface area (TPSA) is 58.6 Å². The minimum Gasteiger partial charge on any atom is -0.459 e. The third kappa shape index (κ3) is 4.74. The van der Waals surface area contributed by atoms with Crippen molar-refractivity contribution >= 4 is 11.7 Å². The Labute approximate surface area is 126 Å². The Hall–Kier alpha value is -1.55. The summed E-state index contributed by atoms with van der Waals surface area (Å²) in [5.74, 6) is 0.465. The van der Waals surface area contributed by atoms with Crippen LogP contribution in [0.1, 0.15) is 49.4 Å². The average Bonchev–Trinajstić information content (AvgIpc) is 2.53. The van der Waals surface area contributed by atoms with E-state index in [1.807, 2.05) is 12.1 Å². The zero-order valence-corrected chi connectivity index (χ0v) is 12.7. The van der Waals surface area contributed by atoms with Crippen LogP contribution in [0.5, 0.6) is 0 Å². The maximum atomic E-state index is 12.2. The molecule has 0 radical (unpaired) electrons. The number of aliphatic hydroxyl groups is 1. The highest BCUT2D eigenvalue weighted by atomic mass is 16.5. The monoisotopic (exact) mass is 291 g/mol. The number of rotatable bonds is 6. The van der Waals surface area contributed by atoms with Crippen LogP contribution in [0.3, 0.4) is 0 Å². The van der Waals surface area contributed by atoms with Crippen molar-refractivity contribution in [3.63, 3.8) is 0 Å². The van der Waals surface area contributed by atoms with Gasteiger partial charge in [0.05, 0.1) is 12.2 Å². The van der Waals surface area contributed by atoms with Gasteiger partial charge in [0.15, 0.2) is 0 Å². The summed E-state index contributed by atoms with van der Waals surface area (Å²) in [6, 6.07) is 7.20. The summed E-state index contributed by atoms with van der Waals surface area (Å²) in [7, 11) is 0. The van der Waals surface area contributed by atoms with Gasteiger partial charge in [0.2, 0.25) is 0 Å². The van der Waals surface area contributed by atoms with Crippen molar-refractivity contribution in [1.82, 2.24) is 0 Å². The van der Waals surface area contributed by atoms with Crippen LogP contribution in [0.2, 0.25) is 0 Å². The predicted molar refractivity (Wildman–Crippen MR) is 83.5 cm³/mol. The number of carbonyl (C=O) groups excluding carboxylic acids is 1. The third-order valence-electron chi connectivity index (χ3n) is 4.15. The first-order chi connectivity index (χ1) is 10.2. The number of esters is 1. The molecule has 1 saturated carbocycles. The van der Waals surface area contributed by atoms with E-state index >= 15 is 0 Å². The molecule has 4 heteroatoms. The molecule has 116 valence electrons. The molecule has 2 N–H and O–H groups in total. The van der Waals surface area contributed by atoms with Gasteiger partial charge < -0.3 is 15.2 Å². The molecule has 2 atom stereocenters. The van der Waals surface area contributed by atoms with Crippen molar-refractivity contribution in [3.8, 4) is 0 Å². The summed E-state index contributed by atoms with van der Waals surface area (Å²) in [6.45, 7) is 2.79. The van der Waals surface area contributed by atoms with Gasteiger partial charge in [-0.05, 0) is 49.4 Å². The second kappa shape index (κ2) is 8.03. The van der Waals surface area contributed by atoms with E-state index in [1.165, 1.54) is 12.8 Å². The van der Waals surface area contributed by atoms with E-state index in [0.29, 0.717) is 18.0 Å². The zero-order valence-electron chi connectivity index (χ0n) is 12.7. The summed E-state index contributed by atoms with van der Waals surface area (Å²) in [6.07, 6.45) is 5.63. The van der Waals surface area contributed by atoms with Crippen molar-refractivity contribution in [2.45, 2.75) is 45.1 Å². The maximum Gasteiger partial charge on any atom is 0.338 e. The standard InChI is InChI=1S/C17H25NO3/c1-2-13-4-3-5-16(12-13)21-17(20)14-6-8-15(9-7-14)18-10-11-19/h6-9,13,16,18-19H,2-5,10-12H2,1H3. The van der Waals surface area contributed by atoms with Crippen molar-refractivity contribution in [3.05, 3.63) is 29.8 Å². The second-order valence-electron chi connectivity index (χ2n) is 5.70. The zero-order chi connectivity index (χ0) is 15.1. The number of benzene rings is 1. The first-order valence-electron chi connectivity index (χ1n) is 7.88. The highest BCUT2D eigenvalue weighted by Gasteiger charge is 2.24. The Balaban J connectivity index is 1.87. The van der Waals surface area contributed by atoms with Crippen LogP contribution in [0.25, 0.3) is 0 Å². The molecule has 1 aromatic rings. The van der Waals surface area contributed by atoms with E-state index in [1.54, 1.807) is 12.1 Å². The van der Waals surface area contributed by atoms with Gasteiger partial charge in [-0.25, -0.2) is 4.79 Å². The number of nitrogens with one attached hydrogen (secondary N) is 1. The minimum atomic E-state index is -0.231. The highest BCUT2D eigenvalue weighted by molar-refractivity contribution is 5.89. The molecule has 0 amide bonds. The molecule has 0 bridgehead atoms. The number of anilines is 1. The second-order valence-corrected chi connectivity index (χ2v) is 5.70. The van der Waals surface area contributed by atoms with Gasteiger partial charge in [0.1, 0.15) is 6.10 Å². The molecule has 21 heavy (non-hydrogen) atoms. The molecule has 0 spiro atoms. The fourth-order valence-electron chi connectivity index (χ4n) is 2.86. The summed E-state index contributed by atoms with van der Waals surface area (Å²) >= 11 is 0. The number of hydrogen-bond donors (Lipinski definition) is 2. The van der Waals surface area contributed by atoms with Gasteiger partial charge in [-0.3, -0.25) is 0 Å². The van der Waals surface area contributed by atoms with E-state index in [-0.39, 0.29) is 18.7 Å². The molecule has 0 saturated heterocycles. The first kappa shape index (κ1) is 15.8. The van der Waals surface area contributed by atoms with Gasteiger partial charge >= 0.3 is 5.97 Å². The molecule has 0 aliphatic heterocycles. The van der Waals surface area contributed by atoms with Crippen molar-refractivity contribution < 1.29 is 14.6 Å². The van der Waals surface area contributed by atoms with Crippen LogP contribution < -0.4 is 5.32 Å². The van der Waals surface area contributed by atoms with Gasteiger partial charge in [-0.1, -0.05) is 19.8 Å². The maximum absolute atomic E-state index is 12.2. The SMILES string of the molecule is CCC1CCCC(OC(=O)c2ccc(NCCO)cc2)C1. The Morgan fingerprint density at radius 1 is 1.33 bits per heavy atom. The normalized spacial score (nSPS) is 21.8. The lowest BCUT2D eigenvalue weighted by molar-refractivity contribution is 0.0140. The molecular weight excluding hydrogens is 266 g/mol. The summed E-state index contributed by atoms with van der Waals surface area (Å²) in [5, 5.41) is 11.8. The summed E-state index contributed by atoms with van der Waals surface area (Å²) in [4.78, 5) is 12.2. The van der Waals surface area contributed by atoms with Crippen molar-refractivity contribution in [1.29, 1.82) is 0 Å². The van der Waals surface area contributed by atoms with E-state index in [2.05, 4.69) is 12.2 Å². The van der Waals surface area contributed by atoms with Gasteiger partial charge in [0, 0.05) is 12.2 Å².